The molecule has 0 fully saturated rings. The molecule has 0 saturated heterocycles. The zero-order valence-corrected chi connectivity index (χ0v) is 10.4. The molecule has 0 spiro atoms. The van der Waals surface area contributed by atoms with Gasteiger partial charge in [-0.25, -0.2) is 0 Å². The predicted molar refractivity (Wildman–Crippen MR) is 51.8 cm³/mol. The third kappa shape index (κ3) is 2.91. The molecule has 16 heavy (non-hydrogen) atoms. The van der Waals surface area contributed by atoms with Crippen LogP contribution in [-0.4, -0.2) is 0 Å². The molecule has 8 heteroatoms. The van der Waals surface area contributed by atoms with Gasteiger partial charge in [0, 0.05) is 8.95 Å². The average Bonchev–Trinajstić information content (AvgIpc) is 1.97. The highest BCUT2D eigenvalue weighted by atomic mass is 79.9. The Labute approximate surface area is 103 Å². The molecule has 0 saturated carbocycles. The fraction of sp³-hybridized carbons (Fsp3) is 0.250. The van der Waals surface area contributed by atoms with E-state index in [9.17, 15) is 26.3 Å². The zero-order chi connectivity index (χ0) is 12.7. The van der Waals surface area contributed by atoms with Gasteiger partial charge >= 0.3 is 12.4 Å². The molecule has 1 rings (SSSR count). The van der Waals surface area contributed by atoms with Crippen LogP contribution >= 0.6 is 31.9 Å². The molecule has 1 aromatic carbocycles. The Morgan fingerprint density at radius 2 is 1.00 bits per heavy atom. The Hall–Kier alpha value is -0.240. The lowest BCUT2D eigenvalue weighted by molar-refractivity contribution is -0.143. The monoisotopic (exact) mass is 370 g/mol. The number of hydrogen-bond acceptors (Lipinski definition) is 0. The van der Waals surface area contributed by atoms with Gasteiger partial charge in [0.1, 0.15) is 0 Å². The summed E-state index contributed by atoms with van der Waals surface area (Å²) in [4.78, 5) is 0. The summed E-state index contributed by atoms with van der Waals surface area (Å²) in [5.74, 6) is 0. The zero-order valence-electron chi connectivity index (χ0n) is 7.18. The van der Waals surface area contributed by atoms with Crippen molar-refractivity contribution in [2.45, 2.75) is 12.4 Å². The van der Waals surface area contributed by atoms with Gasteiger partial charge in [0.05, 0.1) is 11.1 Å². The van der Waals surface area contributed by atoms with Gasteiger partial charge in [0.2, 0.25) is 0 Å². The number of alkyl halides is 6. The van der Waals surface area contributed by atoms with Crippen LogP contribution in [-0.2, 0) is 12.4 Å². The fourth-order valence-electron chi connectivity index (χ4n) is 0.983. The molecule has 90 valence electrons. The van der Waals surface area contributed by atoms with Crippen molar-refractivity contribution >= 4 is 31.9 Å². The third-order valence-corrected chi connectivity index (χ3v) is 2.98. The van der Waals surface area contributed by atoms with Crippen molar-refractivity contribution < 1.29 is 26.3 Å². The largest absolute Gasteiger partial charge is 0.417 e. The normalized spacial score (nSPS) is 13.0. The first-order valence-corrected chi connectivity index (χ1v) is 5.25. The minimum Gasteiger partial charge on any atom is -0.166 e. The topological polar surface area (TPSA) is 0 Å². The second kappa shape index (κ2) is 4.21. The number of halogens is 8. The van der Waals surface area contributed by atoms with E-state index < -0.39 is 32.4 Å². The second-order valence-electron chi connectivity index (χ2n) is 2.81. The Bertz CT molecular complexity index is 371. The highest BCUT2D eigenvalue weighted by Gasteiger charge is 2.39. The maximum atomic E-state index is 12.3. The van der Waals surface area contributed by atoms with Crippen LogP contribution in [0, 0.1) is 0 Å². The maximum Gasteiger partial charge on any atom is 0.417 e. The third-order valence-electron chi connectivity index (χ3n) is 1.67. The quantitative estimate of drug-likeness (QED) is 0.546. The molecular formula is C8H2Br2F6. The number of benzene rings is 1. The lowest BCUT2D eigenvalue weighted by Gasteiger charge is -2.14. The van der Waals surface area contributed by atoms with E-state index >= 15 is 0 Å². The molecule has 0 N–H and O–H groups in total. The average molecular weight is 372 g/mol. The summed E-state index contributed by atoms with van der Waals surface area (Å²) < 4.78 is 73.1. The molecule has 0 bridgehead atoms. The van der Waals surface area contributed by atoms with Gasteiger partial charge in [0.15, 0.2) is 0 Å². The van der Waals surface area contributed by atoms with Gasteiger partial charge in [-0.15, -0.1) is 0 Å². The lowest BCUT2D eigenvalue weighted by Crippen LogP contribution is -2.12. The molecule has 0 aliphatic carbocycles. The van der Waals surface area contributed by atoms with Crippen LogP contribution in [0.15, 0.2) is 21.1 Å². The summed E-state index contributed by atoms with van der Waals surface area (Å²) in [7, 11) is 0. The predicted octanol–water partition coefficient (Wildman–Crippen LogP) is 5.25. The summed E-state index contributed by atoms with van der Waals surface area (Å²) in [5.41, 5.74) is -2.72. The minimum absolute atomic E-state index is 0.0637. The molecule has 0 aliphatic rings. The molecule has 1 aromatic rings. The smallest absolute Gasteiger partial charge is 0.166 e. The van der Waals surface area contributed by atoms with Crippen LogP contribution in [0.5, 0.6) is 0 Å². The van der Waals surface area contributed by atoms with E-state index in [4.69, 9.17) is 0 Å². The number of hydrogen-bond donors (Lipinski definition) is 0. The van der Waals surface area contributed by atoms with Crippen molar-refractivity contribution in [3.05, 3.63) is 32.2 Å². The van der Waals surface area contributed by atoms with Gasteiger partial charge in [-0.05, 0) is 12.1 Å². The molecule has 0 nitrogen and oxygen atoms in total. The van der Waals surface area contributed by atoms with Crippen molar-refractivity contribution in [1.29, 1.82) is 0 Å². The van der Waals surface area contributed by atoms with Crippen molar-refractivity contribution in [3.8, 4) is 0 Å². The first kappa shape index (κ1) is 13.8. The van der Waals surface area contributed by atoms with Crippen molar-refractivity contribution in [3.63, 3.8) is 0 Å². The van der Waals surface area contributed by atoms with Crippen LogP contribution < -0.4 is 0 Å². The molecule has 0 amide bonds. The highest BCUT2D eigenvalue weighted by molar-refractivity contribution is 9.11. The van der Waals surface area contributed by atoms with Gasteiger partial charge in [-0.3, -0.25) is 0 Å². The van der Waals surface area contributed by atoms with Gasteiger partial charge in [0.25, 0.3) is 0 Å². The van der Waals surface area contributed by atoms with E-state index in [2.05, 4.69) is 31.9 Å². The van der Waals surface area contributed by atoms with E-state index in [1.54, 1.807) is 0 Å². The van der Waals surface area contributed by atoms with Crippen LogP contribution in [0.4, 0.5) is 26.3 Å². The highest BCUT2D eigenvalue weighted by Crippen LogP contribution is 2.42. The van der Waals surface area contributed by atoms with Gasteiger partial charge in [-0.1, -0.05) is 31.9 Å². The van der Waals surface area contributed by atoms with Crippen LogP contribution in [0.1, 0.15) is 11.1 Å². The summed E-state index contributed by atoms with van der Waals surface area (Å²) >= 11 is 5.13. The molecule has 0 unspecified atom stereocenters. The van der Waals surface area contributed by atoms with E-state index in [0.29, 0.717) is 0 Å². The van der Waals surface area contributed by atoms with Gasteiger partial charge < -0.3 is 0 Å². The Kier molecular flexibility index (Phi) is 3.64. The maximum absolute atomic E-state index is 12.3. The van der Waals surface area contributed by atoms with Crippen molar-refractivity contribution in [2.75, 3.05) is 0 Å². The van der Waals surface area contributed by atoms with Crippen molar-refractivity contribution in [1.82, 2.24) is 0 Å². The summed E-state index contributed by atoms with van der Waals surface area (Å²) in [6, 6.07) is 0.791. The van der Waals surface area contributed by atoms with Crippen LogP contribution in [0.25, 0.3) is 0 Å². The molecule has 0 aliphatic heterocycles. The van der Waals surface area contributed by atoms with Crippen LogP contribution in [0.2, 0.25) is 0 Å². The first-order valence-electron chi connectivity index (χ1n) is 3.67. The van der Waals surface area contributed by atoms with E-state index in [1.165, 1.54) is 0 Å². The second-order valence-corrected chi connectivity index (χ2v) is 4.52. The standard InChI is InChI=1S/C8H2Br2F6/c9-5-2-6(10)4(8(14,15)16)1-3(5)7(11,12)13/h1-2H. The molecule has 0 radical (unpaired) electrons. The fourth-order valence-corrected chi connectivity index (χ4v) is 2.43. The number of rotatable bonds is 0. The Morgan fingerprint density at radius 3 is 1.25 bits per heavy atom. The van der Waals surface area contributed by atoms with E-state index in [0.717, 1.165) is 6.07 Å². The van der Waals surface area contributed by atoms with Crippen LogP contribution in [0.3, 0.4) is 0 Å². The SMILES string of the molecule is FC(F)(F)c1cc(C(F)(F)F)c(Br)cc1Br. The molecule has 0 aromatic heterocycles. The van der Waals surface area contributed by atoms with E-state index in [1.807, 2.05) is 0 Å². The summed E-state index contributed by atoms with van der Waals surface area (Å²) in [5, 5.41) is 0. The Balaban J connectivity index is 3.45. The Morgan fingerprint density at radius 1 is 0.688 bits per heavy atom. The minimum atomic E-state index is -4.83. The van der Waals surface area contributed by atoms with Crippen molar-refractivity contribution in [2.24, 2.45) is 0 Å². The molecular weight excluding hydrogens is 370 g/mol. The summed E-state index contributed by atoms with van der Waals surface area (Å²) in [6.07, 6.45) is -9.67. The lowest BCUT2D eigenvalue weighted by atomic mass is 10.1. The summed E-state index contributed by atoms with van der Waals surface area (Å²) in [6.45, 7) is 0. The van der Waals surface area contributed by atoms with E-state index in [-0.39, 0.29) is 6.07 Å². The molecule has 0 atom stereocenters. The van der Waals surface area contributed by atoms with Gasteiger partial charge in [-0.2, -0.15) is 26.3 Å². The first-order chi connectivity index (χ1) is 7.03. The molecule has 0 heterocycles.